The number of rotatable bonds is 8. The van der Waals surface area contributed by atoms with Crippen molar-refractivity contribution in [1.29, 1.82) is 0 Å². The predicted octanol–water partition coefficient (Wildman–Crippen LogP) is 22.3. The Morgan fingerprint density at radius 3 is 1.54 bits per heavy atom. The van der Waals surface area contributed by atoms with Crippen LogP contribution in [0.25, 0.3) is 71.8 Å². The molecule has 6 nitrogen and oxygen atoms in total. The molecular formula is C73H93FN2O4. The molecule has 2 aliphatic rings. The number of benzene rings is 5. The van der Waals surface area contributed by atoms with Gasteiger partial charge in [0.2, 0.25) is 0 Å². The molecule has 0 atom stereocenters. The molecule has 0 spiro atoms. The van der Waals surface area contributed by atoms with E-state index < -0.39 is 0 Å². The lowest BCUT2D eigenvalue weighted by atomic mass is 9.96. The Bertz CT molecular complexity index is 3540. The molecule has 0 radical (unpaired) electrons. The summed E-state index contributed by atoms with van der Waals surface area (Å²) in [5.41, 5.74) is 17.1. The Morgan fingerprint density at radius 2 is 0.988 bits per heavy atom. The molecule has 80 heavy (non-hydrogen) atoms. The van der Waals surface area contributed by atoms with E-state index in [0.29, 0.717) is 58.3 Å². The Morgan fingerprint density at radius 1 is 0.450 bits per heavy atom. The van der Waals surface area contributed by atoms with Gasteiger partial charge in [0, 0.05) is 69.7 Å². The molecule has 5 aromatic heterocycles. The highest BCUT2D eigenvalue weighted by Gasteiger charge is 2.23. The molecule has 6 heterocycles. The van der Waals surface area contributed by atoms with Crippen LogP contribution in [0.3, 0.4) is 0 Å². The van der Waals surface area contributed by atoms with E-state index in [0.717, 1.165) is 66.8 Å². The van der Waals surface area contributed by atoms with Gasteiger partial charge in [0.1, 0.15) is 45.4 Å². The zero-order chi connectivity index (χ0) is 56.0. The summed E-state index contributed by atoms with van der Waals surface area (Å²) in [7, 11) is 0. The summed E-state index contributed by atoms with van der Waals surface area (Å²) in [6.45, 7) is 39.2. The van der Waals surface area contributed by atoms with Gasteiger partial charge in [0.15, 0.2) is 5.82 Å². The molecule has 0 amide bonds. The summed E-state index contributed by atoms with van der Waals surface area (Å²) in [5.74, 6) is 6.10. The van der Waals surface area contributed by atoms with Crippen LogP contribution in [0.5, 0.6) is 0 Å². The van der Waals surface area contributed by atoms with Gasteiger partial charge in [-0.05, 0) is 157 Å². The lowest BCUT2D eigenvalue weighted by molar-refractivity contribution is 0.233. The van der Waals surface area contributed by atoms with E-state index in [2.05, 4.69) is 187 Å². The molecule has 7 heteroatoms. The fourth-order valence-corrected chi connectivity index (χ4v) is 11.0. The molecule has 0 N–H and O–H groups in total. The molecular weight excluding hydrogens is 988 g/mol. The minimum atomic E-state index is -0.267. The number of pyridine rings is 1. The molecule has 1 aliphatic carbocycles. The average Bonchev–Trinajstić information content (AvgIpc) is 4.30. The van der Waals surface area contributed by atoms with Crippen LogP contribution in [0, 0.1) is 18.7 Å². The molecule has 5 aromatic carbocycles. The largest absolute Gasteiger partial charge is 0.461 e. The van der Waals surface area contributed by atoms with Crippen molar-refractivity contribution in [3.05, 3.63) is 164 Å². The normalized spacial score (nSPS) is 13.6. The monoisotopic (exact) mass is 1080 g/mol. The van der Waals surface area contributed by atoms with Gasteiger partial charge in [0.05, 0.1) is 16.4 Å². The van der Waals surface area contributed by atoms with Crippen LogP contribution in [0.2, 0.25) is 0 Å². The van der Waals surface area contributed by atoms with Crippen molar-refractivity contribution in [2.45, 2.75) is 193 Å². The summed E-state index contributed by atoms with van der Waals surface area (Å²) in [5, 5.41) is 6.21. The van der Waals surface area contributed by atoms with E-state index >= 15 is 0 Å². The van der Waals surface area contributed by atoms with Gasteiger partial charge < -0.3 is 22.6 Å². The van der Waals surface area contributed by atoms with Crippen molar-refractivity contribution < 1.29 is 22.1 Å². The van der Waals surface area contributed by atoms with Gasteiger partial charge in [-0.1, -0.05) is 154 Å². The van der Waals surface area contributed by atoms with Crippen molar-refractivity contribution in [3.63, 3.8) is 0 Å². The van der Waals surface area contributed by atoms with Crippen molar-refractivity contribution in [1.82, 2.24) is 9.88 Å². The molecule has 0 saturated heterocycles. The topological polar surface area (TPSA) is 68.7 Å². The highest BCUT2D eigenvalue weighted by atomic mass is 19.1. The Kier molecular flexibility index (Phi) is 19.2. The van der Waals surface area contributed by atoms with Crippen LogP contribution < -0.4 is 0 Å². The number of fused-ring (bicyclic) bond motifs is 8. The van der Waals surface area contributed by atoms with Crippen molar-refractivity contribution in [2.24, 2.45) is 5.92 Å². The van der Waals surface area contributed by atoms with E-state index in [4.69, 9.17) is 22.7 Å². The maximum absolute atomic E-state index is 14.3. The van der Waals surface area contributed by atoms with E-state index in [1.165, 1.54) is 59.8 Å². The summed E-state index contributed by atoms with van der Waals surface area (Å²) >= 11 is 0. The first-order valence-corrected chi connectivity index (χ1v) is 29.1. The van der Waals surface area contributed by atoms with Crippen LogP contribution in [0.15, 0.2) is 114 Å². The van der Waals surface area contributed by atoms with Gasteiger partial charge >= 0.3 is 0 Å². The fourth-order valence-electron chi connectivity index (χ4n) is 11.0. The van der Waals surface area contributed by atoms with Crippen LogP contribution >= 0.6 is 0 Å². The number of allylic oxidation sites excluding steroid dienone is 1. The SMILES string of the molecule is C.C.CC(C)C1=Cc2cc3c(cc2C1)CCN(C(C)C)CC3.CC(C)c1cc2cc3oc(C(C)C)cc3cc2o1.CC(C)c1ccc2nc3cc(C(C)C)ccc3cc2c1.Cc1c(C(C)C)oc2cc3c(F)c(C(C)C)oc3cc12. The zero-order valence-corrected chi connectivity index (χ0v) is 49.8. The number of nitrogens with zero attached hydrogens (tertiary/aromatic N) is 2. The third-order valence-electron chi connectivity index (χ3n) is 16.1. The predicted molar refractivity (Wildman–Crippen MR) is 341 cm³/mol. The Labute approximate surface area is 478 Å². The second-order valence-corrected chi connectivity index (χ2v) is 24.8. The molecule has 0 bridgehead atoms. The quantitative estimate of drug-likeness (QED) is 0.141. The maximum atomic E-state index is 14.3. The summed E-state index contributed by atoms with van der Waals surface area (Å²) in [6, 6.07) is 33.2. The highest BCUT2D eigenvalue weighted by molar-refractivity contribution is 5.97. The third kappa shape index (κ3) is 13.0. The Hall–Kier alpha value is -6.44. The second kappa shape index (κ2) is 25.1. The number of hydrogen-bond acceptors (Lipinski definition) is 6. The van der Waals surface area contributed by atoms with Crippen molar-refractivity contribution in [3.8, 4) is 0 Å². The number of furan rings is 4. The molecule has 10 aromatic rings. The first-order valence-electron chi connectivity index (χ1n) is 29.1. The number of hydrogen-bond donors (Lipinski definition) is 0. The van der Waals surface area contributed by atoms with Crippen LogP contribution in [0.1, 0.15) is 223 Å². The van der Waals surface area contributed by atoms with Gasteiger partial charge in [-0.15, -0.1) is 0 Å². The number of aromatic nitrogens is 1. The van der Waals surface area contributed by atoms with E-state index in [1.54, 1.807) is 28.3 Å². The molecule has 0 saturated carbocycles. The van der Waals surface area contributed by atoms with Crippen LogP contribution in [-0.2, 0) is 19.3 Å². The first-order chi connectivity index (χ1) is 37.0. The van der Waals surface area contributed by atoms with Crippen LogP contribution in [-0.4, -0.2) is 29.0 Å². The van der Waals surface area contributed by atoms with Gasteiger partial charge in [0.25, 0.3) is 0 Å². The maximum Gasteiger partial charge on any atom is 0.172 e. The zero-order valence-electron chi connectivity index (χ0n) is 49.8. The number of halogens is 1. The van der Waals surface area contributed by atoms with E-state index in [9.17, 15) is 4.39 Å². The van der Waals surface area contributed by atoms with Crippen LogP contribution in [0.4, 0.5) is 4.39 Å². The molecule has 0 fully saturated rings. The molecule has 0 unspecified atom stereocenters. The molecule has 12 rings (SSSR count). The average molecular weight is 1080 g/mol. The highest BCUT2D eigenvalue weighted by Crippen LogP contribution is 2.38. The summed E-state index contributed by atoms with van der Waals surface area (Å²) in [4.78, 5) is 7.43. The third-order valence-corrected chi connectivity index (χ3v) is 16.1. The van der Waals surface area contributed by atoms with E-state index in [1.807, 2.05) is 26.8 Å². The van der Waals surface area contributed by atoms with Crippen molar-refractivity contribution in [2.75, 3.05) is 13.1 Å². The van der Waals surface area contributed by atoms with Gasteiger partial charge in [-0.2, -0.15) is 0 Å². The second-order valence-electron chi connectivity index (χ2n) is 24.8. The molecule has 426 valence electrons. The summed E-state index contributed by atoms with van der Waals surface area (Å²) in [6.07, 6.45) is 6.04. The lowest BCUT2D eigenvalue weighted by Crippen LogP contribution is -2.32. The lowest BCUT2D eigenvalue weighted by Gasteiger charge is -2.23. The summed E-state index contributed by atoms with van der Waals surface area (Å²) < 4.78 is 37.6. The fraction of sp³-hybridized carbons (Fsp3) is 0.438. The number of aryl methyl sites for hydroxylation is 1. The van der Waals surface area contributed by atoms with Crippen molar-refractivity contribution >= 4 is 71.8 Å². The Balaban J connectivity index is 0.000000153. The smallest absolute Gasteiger partial charge is 0.172 e. The standard InChI is InChI=1S/C19H27N.C19H21N.C17H19FO2.C16H18O2.2CH4/c1-13(2)17-11-18-9-15-5-7-20(14(3)4)8-6-16(15)10-19(18)12-17;1-12(2)14-7-8-18-17(9-14)10-16-6-5-15(13(3)4)11-19(16)20-18;1-8(2)16-10(5)11-6-14-12(7-13(11)19-16)15(18)17(20-14)9(3)4;1-9(2)13-5-11-7-16-12(8-15(11)17-13)6-14(18-16)10(3)4;;/h9-11,13-14H,5-8,12H2,1-4H3;5-13H,1-4H3;6-9H,1-5H3;5-10H,1-4H3;2*1H4. The van der Waals surface area contributed by atoms with Gasteiger partial charge in [-0.25, -0.2) is 9.37 Å². The minimum Gasteiger partial charge on any atom is -0.461 e. The van der Waals surface area contributed by atoms with E-state index in [-0.39, 0.29) is 26.6 Å². The minimum absolute atomic E-state index is 0. The molecule has 1 aliphatic heterocycles. The van der Waals surface area contributed by atoms with Gasteiger partial charge in [-0.3, -0.25) is 0 Å². The first kappa shape index (κ1) is 61.2.